The Kier molecular flexibility index (Phi) is 4.17. The van der Waals surface area contributed by atoms with Gasteiger partial charge in [0.25, 0.3) is 6.71 Å². The van der Waals surface area contributed by atoms with Gasteiger partial charge in [-0.3, -0.25) is 0 Å². The third-order valence-electron chi connectivity index (χ3n) is 8.35. The van der Waals surface area contributed by atoms with Crippen molar-refractivity contribution in [3.05, 3.63) is 127 Å². The molecule has 0 fully saturated rings. The molecule has 0 aromatic heterocycles. The summed E-state index contributed by atoms with van der Waals surface area (Å²) in [6.45, 7) is 0.0868. The average Bonchev–Trinajstić information content (AvgIpc) is 2.99. The second-order valence-corrected chi connectivity index (χ2v) is 10.5. The Morgan fingerprint density at radius 1 is 0.410 bits per heavy atom. The molecule has 0 amide bonds. The van der Waals surface area contributed by atoms with Gasteiger partial charge < -0.3 is 9.47 Å². The van der Waals surface area contributed by atoms with Crippen molar-refractivity contribution in [2.24, 2.45) is 0 Å². The van der Waals surface area contributed by atoms with Gasteiger partial charge in [0, 0.05) is 5.46 Å². The van der Waals surface area contributed by atoms with Crippen LogP contribution in [-0.4, -0.2) is 6.71 Å². The lowest BCUT2D eigenvalue weighted by Gasteiger charge is -2.33. The Balaban J connectivity index is 1.29. The molecule has 0 spiro atoms. The zero-order valence-electron chi connectivity index (χ0n) is 21.0. The van der Waals surface area contributed by atoms with Crippen LogP contribution in [0.1, 0.15) is 0 Å². The maximum Gasteiger partial charge on any atom is 0.260 e. The fourth-order valence-corrected chi connectivity index (χ4v) is 6.58. The van der Waals surface area contributed by atoms with Crippen LogP contribution in [0, 0.1) is 0 Å². The lowest BCUT2D eigenvalue weighted by molar-refractivity contribution is 0.465. The highest BCUT2D eigenvalue weighted by atomic mass is 16.5. The molecule has 0 saturated carbocycles. The predicted octanol–water partition coefficient (Wildman–Crippen LogP) is 7.54. The van der Waals surface area contributed by atoms with Gasteiger partial charge in [-0.25, -0.2) is 0 Å². The summed E-state index contributed by atoms with van der Waals surface area (Å²) in [6, 6.07) is 45.4. The first-order valence-corrected chi connectivity index (χ1v) is 13.4. The Bertz CT molecular complexity index is 2070. The highest BCUT2D eigenvalue weighted by molar-refractivity contribution is 6.98. The van der Waals surface area contributed by atoms with Gasteiger partial charge in [-0.1, -0.05) is 91.0 Å². The van der Waals surface area contributed by atoms with Gasteiger partial charge in [0.2, 0.25) is 0 Å². The summed E-state index contributed by atoms with van der Waals surface area (Å²) in [6.07, 6.45) is 0. The molecule has 0 radical (unpaired) electrons. The van der Waals surface area contributed by atoms with E-state index in [9.17, 15) is 0 Å². The smallest absolute Gasteiger partial charge is 0.260 e. The largest absolute Gasteiger partial charge is 0.458 e. The van der Waals surface area contributed by atoms with E-state index in [1.807, 2.05) is 12.1 Å². The molecule has 0 saturated heterocycles. The molecule has 2 heterocycles. The predicted molar refractivity (Wildman–Crippen MR) is 162 cm³/mol. The van der Waals surface area contributed by atoms with Gasteiger partial charge in [-0.2, -0.15) is 0 Å². The minimum atomic E-state index is 0.0868. The first-order chi connectivity index (χ1) is 19.3. The molecule has 2 nitrogen and oxygen atoms in total. The summed E-state index contributed by atoms with van der Waals surface area (Å²) in [5.41, 5.74) is 5.72. The van der Waals surface area contributed by atoms with E-state index in [4.69, 9.17) is 9.47 Å². The van der Waals surface area contributed by atoms with Crippen molar-refractivity contribution in [3.63, 3.8) is 0 Å². The van der Waals surface area contributed by atoms with Crippen molar-refractivity contribution < 1.29 is 9.47 Å². The van der Waals surface area contributed by atoms with Crippen LogP contribution < -0.4 is 25.9 Å². The Labute approximate surface area is 226 Å². The van der Waals surface area contributed by atoms with Gasteiger partial charge in [-0.05, 0) is 90.8 Å². The molecular formula is C36H21BO2. The molecule has 3 heteroatoms. The summed E-state index contributed by atoms with van der Waals surface area (Å²) in [4.78, 5) is 0. The number of rotatable bonds is 1. The van der Waals surface area contributed by atoms with E-state index in [1.165, 1.54) is 48.8 Å². The average molecular weight is 496 g/mol. The molecular weight excluding hydrogens is 475 g/mol. The first kappa shape index (κ1) is 21.0. The van der Waals surface area contributed by atoms with Crippen LogP contribution in [0.4, 0.5) is 0 Å². The molecule has 7 aromatic rings. The fourth-order valence-electron chi connectivity index (χ4n) is 6.58. The molecule has 0 aliphatic carbocycles. The summed E-state index contributed by atoms with van der Waals surface area (Å²) in [5.74, 6) is 3.55. The summed E-state index contributed by atoms with van der Waals surface area (Å²) < 4.78 is 13.1. The zero-order chi connectivity index (χ0) is 25.5. The van der Waals surface area contributed by atoms with Gasteiger partial charge in [0.1, 0.15) is 23.0 Å². The van der Waals surface area contributed by atoms with E-state index in [1.54, 1.807) is 0 Å². The highest BCUT2D eigenvalue weighted by Gasteiger charge is 2.40. The summed E-state index contributed by atoms with van der Waals surface area (Å²) in [5, 5.41) is 7.50. The molecule has 9 rings (SSSR count). The van der Waals surface area contributed by atoms with Gasteiger partial charge in [0.05, 0.1) is 0 Å². The lowest BCUT2D eigenvalue weighted by atomic mass is 9.35. The van der Waals surface area contributed by atoms with Gasteiger partial charge >= 0.3 is 0 Å². The Hall–Kier alpha value is -5.02. The van der Waals surface area contributed by atoms with Crippen molar-refractivity contribution in [1.82, 2.24) is 0 Å². The van der Waals surface area contributed by atoms with Crippen LogP contribution in [0.15, 0.2) is 127 Å². The number of hydrogen-bond acceptors (Lipinski definition) is 2. The Morgan fingerprint density at radius 2 is 1.00 bits per heavy atom. The molecule has 0 atom stereocenters. The molecule has 0 bridgehead atoms. The normalized spacial score (nSPS) is 13.0. The molecule has 0 unspecified atom stereocenters. The molecule has 7 aromatic carbocycles. The van der Waals surface area contributed by atoms with Crippen molar-refractivity contribution >= 4 is 55.4 Å². The van der Waals surface area contributed by atoms with Gasteiger partial charge in [0.15, 0.2) is 0 Å². The van der Waals surface area contributed by atoms with Crippen LogP contribution in [-0.2, 0) is 0 Å². The standard InChI is InChI=1S/C36H21BO2/c1-2-10-26-22(8-1)16-17-24-19-28-23(18-29(24)26)9-7-11-27(28)25-20-34-36-35(21-25)39-33-15-6-4-13-31(33)37(36)30-12-3-5-14-32(30)38-34/h1-21H. The third kappa shape index (κ3) is 2.99. The van der Waals surface area contributed by atoms with E-state index in [0.29, 0.717) is 0 Å². The number of hydrogen-bond donors (Lipinski definition) is 0. The minimum absolute atomic E-state index is 0.0868. The second kappa shape index (κ2) is 7.75. The van der Waals surface area contributed by atoms with Crippen LogP contribution in [0.5, 0.6) is 23.0 Å². The summed E-state index contributed by atoms with van der Waals surface area (Å²) >= 11 is 0. The topological polar surface area (TPSA) is 18.5 Å². The number of para-hydroxylation sites is 2. The van der Waals surface area contributed by atoms with Crippen LogP contribution in [0.2, 0.25) is 0 Å². The van der Waals surface area contributed by atoms with E-state index in [2.05, 4.69) is 115 Å². The maximum atomic E-state index is 6.55. The summed E-state index contributed by atoms with van der Waals surface area (Å²) in [7, 11) is 0. The van der Waals surface area contributed by atoms with E-state index in [-0.39, 0.29) is 6.71 Å². The van der Waals surface area contributed by atoms with Crippen LogP contribution in [0.3, 0.4) is 0 Å². The zero-order valence-corrected chi connectivity index (χ0v) is 21.0. The molecule has 39 heavy (non-hydrogen) atoms. The molecule has 2 aliphatic rings. The molecule has 180 valence electrons. The minimum Gasteiger partial charge on any atom is -0.458 e. The van der Waals surface area contributed by atoms with Crippen molar-refractivity contribution in [3.8, 4) is 34.1 Å². The molecule has 0 N–H and O–H groups in total. The van der Waals surface area contributed by atoms with Crippen molar-refractivity contribution in [1.29, 1.82) is 0 Å². The van der Waals surface area contributed by atoms with E-state index in [0.717, 1.165) is 34.0 Å². The second-order valence-electron chi connectivity index (χ2n) is 10.5. The number of fused-ring (bicyclic) bond motifs is 8. The van der Waals surface area contributed by atoms with Gasteiger partial charge in [-0.15, -0.1) is 0 Å². The number of benzene rings is 7. The van der Waals surface area contributed by atoms with E-state index < -0.39 is 0 Å². The molecule has 2 aliphatic heterocycles. The van der Waals surface area contributed by atoms with Crippen molar-refractivity contribution in [2.75, 3.05) is 0 Å². The SMILES string of the molecule is c1ccc2c(c1)Oc1cc(-c3cccc4cc5c(ccc6ccccc65)cc34)cc3c1B2c1ccccc1O3. The Morgan fingerprint density at radius 3 is 1.77 bits per heavy atom. The van der Waals surface area contributed by atoms with E-state index >= 15 is 0 Å². The van der Waals surface area contributed by atoms with Crippen molar-refractivity contribution in [2.45, 2.75) is 0 Å². The van der Waals surface area contributed by atoms with Crippen LogP contribution in [0.25, 0.3) is 43.4 Å². The number of ether oxygens (including phenoxy) is 2. The highest BCUT2D eigenvalue weighted by Crippen LogP contribution is 2.40. The monoisotopic (exact) mass is 496 g/mol. The third-order valence-corrected chi connectivity index (χ3v) is 8.35. The fraction of sp³-hybridized carbons (Fsp3) is 0. The quantitative estimate of drug-likeness (QED) is 0.133. The first-order valence-electron chi connectivity index (χ1n) is 13.4. The maximum absolute atomic E-state index is 6.55. The van der Waals surface area contributed by atoms with Crippen LogP contribution >= 0.6 is 0 Å². The lowest BCUT2D eigenvalue weighted by Crippen LogP contribution is -2.57.